The van der Waals surface area contributed by atoms with Crippen LogP contribution in [-0.4, -0.2) is 29.2 Å². The van der Waals surface area contributed by atoms with Crippen LogP contribution in [0.15, 0.2) is 48.7 Å². The molecule has 25 heavy (non-hydrogen) atoms. The average molecular weight is 338 g/mol. The number of rotatable bonds is 4. The van der Waals surface area contributed by atoms with E-state index < -0.39 is 18.3 Å². The van der Waals surface area contributed by atoms with Gasteiger partial charge in [-0.05, 0) is 50.9 Å². The van der Waals surface area contributed by atoms with Crippen molar-refractivity contribution in [2.75, 3.05) is 0 Å². The van der Waals surface area contributed by atoms with E-state index in [1.807, 2.05) is 52.0 Å². The van der Waals surface area contributed by atoms with Gasteiger partial charge < -0.3 is 14.6 Å². The molecule has 0 atom stereocenters. The Morgan fingerprint density at radius 1 is 1.04 bits per heavy atom. The van der Waals surface area contributed by atoms with Gasteiger partial charge in [0.25, 0.3) is 5.91 Å². The van der Waals surface area contributed by atoms with Gasteiger partial charge in [-0.1, -0.05) is 30.3 Å². The Hall–Kier alpha value is -2.18. The van der Waals surface area contributed by atoms with Gasteiger partial charge in [-0.25, -0.2) is 0 Å². The van der Waals surface area contributed by atoms with Gasteiger partial charge in [-0.15, -0.1) is 0 Å². The number of aromatic nitrogens is 1. The lowest BCUT2D eigenvalue weighted by Gasteiger charge is -2.32. The molecule has 3 rings (SSSR count). The van der Waals surface area contributed by atoms with Crippen LogP contribution in [0.4, 0.5) is 0 Å². The van der Waals surface area contributed by atoms with Crippen LogP contribution < -0.4 is 10.8 Å². The Morgan fingerprint density at radius 2 is 1.68 bits per heavy atom. The van der Waals surface area contributed by atoms with Gasteiger partial charge in [-0.3, -0.25) is 9.78 Å². The molecule has 1 fully saturated rings. The van der Waals surface area contributed by atoms with Crippen LogP contribution in [0.5, 0.6) is 0 Å². The quantitative estimate of drug-likeness (QED) is 0.869. The first-order valence-corrected chi connectivity index (χ1v) is 8.43. The predicted octanol–water partition coefficient (Wildman–Crippen LogP) is 2.31. The maximum Gasteiger partial charge on any atom is 0.495 e. The molecule has 2 aromatic rings. The van der Waals surface area contributed by atoms with Crippen LogP contribution in [0.2, 0.25) is 0 Å². The topological polar surface area (TPSA) is 60.5 Å². The predicted molar refractivity (Wildman–Crippen MR) is 97.6 cm³/mol. The molecule has 1 aliphatic heterocycles. The lowest BCUT2D eigenvalue weighted by Crippen LogP contribution is -2.41. The Morgan fingerprint density at radius 3 is 2.32 bits per heavy atom. The largest absolute Gasteiger partial charge is 0.495 e. The summed E-state index contributed by atoms with van der Waals surface area (Å²) in [6, 6.07) is 13.1. The van der Waals surface area contributed by atoms with E-state index in [4.69, 9.17) is 9.31 Å². The maximum atomic E-state index is 12.2. The number of nitrogens with zero attached hydrogens (tertiary/aromatic N) is 1. The molecule has 0 bridgehead atoms. The summed E-state index contributed by atoms with van der Waals surface area (Å²) >= 11 is 0. The molecule has 130 valence electrons. The molecule has 2 heterocycles. The van der Waals surface area contributed by atoms with Crippen molar-refractivity contribution < 1.29 is 14.1 Å². The van der Waals surface area contributed by atoms with Gasteiger partial charge in [0.15, 0.2) is 0 Å². The maximum absolute atomic E-state index is 12.2. The fraction of sp³-hybridized carbons (Fsp3) is 0.368. The minimum absolute atomic E-state index is 0.204. The van der Waals surface area contributed by atoms with Gasteiger partial charge in [0.2, 0.25) is 0 Å². The number of pyridine rings is 1. The molecule has 0 unspecified atom stereocenters. The first kappa shape index (κ1) is 17.6. The summed E-state index contributed by atoms with van der Waals surface area (Å²) in [4.78, 5) is 16.3. The zero-order valence-electron chi connectivity index (χ0n) is 15.1. The lowest BCUT2D eigenvalue weighted by molar-refractivity contribution is 0.00578. The van der Waals surface area contributed by atoms with Gasteiger partial charge in [0.05, 0.1) is 11.2 Å². The van der Waals surface area contributed by atoms with Crippen LogP contribution in [0.25, 0.3) is 0 Å². The highest BCUT2D eigenvalue weighted by Crippen LogP contribution is 2.36. The van der Waals surface area contributed by atoms with E-state index >= 15 is 0 Å². The molecule has 0 radical (unpaired) electrons. The summed E-state index contributed by atoms with van der Waals surface area (Å²) < 4.78 is 12.3. The Bertz CT molecular complexity index is 746. The molecule has 0 aliphatic carbocycles. The van der Waals surface area contributed by atoms with Gasteiger partial charge >= 0.3 is 7.12 Å². The molecule has 0 saturated carbocycles. The molecule has 1 N–H and O–H groups in total. The molecule has 1 saturated heterocycles. The molecule has 1 aliphatic rings. The van der Waals surface area contributed by atoms with Crippen molar-refractivity contribution >= 4 is 18.5 Å². The summed E-state index contributed by atoms with van der Waals surface area (Å²) in [5, 5.41) is 2.91. The van der Waals surface area contributed by atoms with Crippen LogP contribution in [0.1, 0.15) is 43.7 Å². The van der Waals surface area contributed by atoms with E-state index in [9.17, 15) is 4.79 Å². The second-order valence-electron chi connectivity index (χ2n) is 7.18. The number of benzene rings is 1. The van der Waals surface area contributed by atoms with Crippen molar-refractivity contribution in [3.8, 4) is 0 Å². The second kappa shape index (κ2) is 6.62. The van der Waals surface area contributed by atoms with E-state index in [2.05, 4.69) is 10.3 Å². The standard InChI is InChI=1S/C19H23BN2O3/c1-18(2)19(3,4)25-20(24-18)15-10-6-5-9-14(15)13-22-17(23)16-11-7-8-12-21-16/h5-12H,13H2,1-4H3,(H,22,23). The number of hydrogen-bond acceptors (Lipinski definition) is 4. The van der Waals surface area contributed by atoms with Gasteiger partial charge in [0.1, 0.15) is 5.69 Å². The lowest BCUT2D eigenvalue weighted by atomic mass is 9.76. The fourth-order valence-electron chi connectivity index (χ4n) is 2.66. The molecule has 6 heteroatoms. The third kappa shape index (κ3) is 3.60. The summed E-state index contributed by atoms with van der Waals surface area (Å²) in [6.07, 6.45) is 1.60. The molecule has 5 nitrogen and oxygen atoms in total. The second-order valence-corrected chi connectivity index (χ2v) is 7.18. The Kier molecular flexibility index (Phi) is 4.67. The van der Waals surface area contributed by atoms with Crippen molar-refractivity contribution in [1.29, 1.82) is 0 Å². The average Bonchev–Trinajstić information content (AvgIpc) is 2.81. The Labute approximate surface area is 148 Å². The third-order valence-corrected chi connectivity index (χ3v) is 4.90. The first-order valence-electron chi connectivity index (χ1n) is 8.43. The van der Waals surface area contributed by atoms with Crippen molar-refractivity contribution in [2.24, 2.45) is 0 Å². The van der Waals surface area contributed by atoms with Crippen molar-refractivity contribution in [1.82, 2.24) is 10.3 Å². The van der Waals surface area contributed by atoms with Gasteiger partial charge in [-0.2, -0.15) is 0 Å². The zero-order chi connectivity index (χ0) is 18.1. The number of nitrogens with one attached hydrogen (secondary N) is 1. The zero-order valence-corrected chi connectivity index (χ0v) is 15.1. The minimum atomic E-state index is -0.451. The monoisotopic (exact) mass is 338 g/mol. The molecule has 1 amide bonds. The molecular formula is C19H23BN2O3. The molecule has 0 spiro atoms. The van der Waals surface area contributed by atoms with Crippen LogP contribution >= 0.6 is 0 Å². The first-order chi connectivity index (χ1) is 11.8. The van der Waals surface area contributed by atoms with E-state index in [0.29, 0.717) is 12.2 Å². The van der Waals surface area contributed by atoms with Gasteiger partial charge in [0, 0.05) is 12.7 Å². The number of carbonyl (C=O) groups excluding carboxylic acids is 1. The van der Waals surface area contributed by atoms with Crippen LogP contribution in [0, 0.1) is 0 Å². The fourth-order valence-corrected chi connectivity index (χ4v) is 2.66. The van der Waals surface area contributed by atoms with E-state index in [0.717, 1.165) is 11.0 Å². The minimum Gasteiger partial charge on any atom is -0.399 e. The molecular weight excluding hydrogens is 315 g/mol. The smallest absolute Gasteiger partial charge is 0.399 e. The van der Waals surface area contributed by atoms with Crippen molar-refractivity contribution in [3.63, 3.8) is 0 Å². The highest BCUT2D eigenvalue weighted by Gasteiger charge is 2.52. The normalized spacial score (nSPS) is 18.2. The summed E-state index contributed by atoms with van der Waals surface area (Å²) in [5.74, 6) is -0.204. The van der Waals surface area contributed by atoms with Crippen LogP contribution in [-0.2, 0) is 15.9 Å². The van der Waals surface area contributed by atoms with E-state index in [-0.39, 0.29) is 5.91 Å². The number of amides is 1. The third-order valence-electron chi connectivity index (χ3n) is 4.90. The highest BCUT2D eigenvalue weighted by molar-refractivity contribution is 6.62. The Balaban J connectivity index is 1.75. The van der Waals surface area contributed by atoms with E-state index in [1.54, 1.807) is 24.4 Å². The summed E-state index contributed by atoms with van der Waals surface area (Å²) in [7, 11) is -0.451. The SMILES string of the molecule is CC1(C)OB(c2ccccc2CNC(=O)c2ccccn2)OC1(C)C. The van der Waals surface area contributed by atoms with Crippen molar-refractivity contribution in [2.45, 2.75) is 45.4 Å². The number of hydrogen-bond donors (Lipinski definition) is 1. The molecule has 1 aromatic heterocycles. The molecule has 1 aromatic carbocycles. The van der Waals surface area contributed by atoms with E-state index in [1.165, 1.54) is 0 Å². The van der Waals surface area contributed by atoms with Crippen molar-refractivity contribution in [3.05, 3.63) is 59.9 Å². The summed E-state index contributed by atoms with van der Waals surface area (Å²) in [5.41, 5.74) is 1.49. The summed E-state index contributed by atoms with van der Waals surface area (Å²) in [6.45, 7) is 8.49. The number of carbonyl (C=O) groups is 1. The highest BCUT2D eigenvalue weighted by atomic mass is 16.7. The van der Waals surface area contributed by atoms with Crippen LogP contribution in [0.3, 0.4) is 0 Å².